The zero-order valence-electron chi connectivity index (χ0n) is 26.7. The van der Waals surface area contributed by atoms with E-state index in [1.165, 1.54) is 71.0 Å². The molecule has 2 nitrogen and oxygen atoms in total. The summed E-state index contributed by atoms with van der Waals surface area (Å²) in [6.07, 6.45) is 0. The number of para-hydroxylation sites is 1. The largest absolute Gasteiger partial charge is 0.309 e. The highest BCUT2D eigenvalue weighted by atomic mass is 15.0. The van der Waals surface area contributed by atoms with Crippen LogP contribution >= 0.6 is 0 Å². The molecule has 2 aromatic heterocycles. The fraction of sp³-hybridized carbons (Fsp3) is 0. The van der Waals surface area contributed by atoms with Gasteiger partial charge in [0.05, 0.1) is 27.9 Å². The van der Waals surface area contributed by atoms with E-state index in [1.807, 2.05) is 0 Å². The van der Waals surface area contributed by atoms with E-state index in [1.54, 1.807) is 0 Å². The molecule has 0 unspecified atom stereocenters. The summed E-state index contributed by atoms with van der Waals surface area (Å²) in [7, 11) is 0. The minimum Gasteiger partial charge on any atom is -0.309 e. The number of hydrogen-bond acceptors (Lipinski definition) is 1. The van der Waals surface area contributed by atoms with Crippen molar-refractivity contribution < 1.29 is 0 Å². The SMILES string of the molecule is c1ccc(-c2ccc3c(c2)c2cc(-c4ccccc4)ccc2n3-c2ccccc2-c2ccc3c4ccccc4c4ccccc4c3n2)cc1. The van der Waals surface area contributed by atoms with Crippen molar-refractivity contribution in [3.8, 4) is 39.2 Å². The van der Waals surface area contributed by atoms with Crippen LogP contribution in [0.3, 0.4) is 0 Å². The fourth-order valence-corrected chi connectivity index (χ4v) is 7.70. The number of rotatable bonds is 4. The highest BCUT2D eigenvalue weighted by Gasteiger charge is 2.19. The molecule has 0 aliphatic rings. The zero-order chi connectivity index (χ0) is 32.3. The number of fused-ring (bicyclic) bond motifs is 9. The first-order valence-electron chi connectivity index (χ1n) is 16.8. The highest BCUT2D eigenvalue weighted by molar-refractivity contribution is 6.24. The van der Waals surface area contributed by atoms with Gasteiger partial charge in [0, 0.05) is 27.1 Å². The van der Waals surface area contributed by atoms with Crippen molar-refractivity contribution in [3.63, 3.8) is 0 Å². The van der Waals surface area contributed by atoms with Crippen molar-refractivity contribution >= 4 is 54.3 Å². The molecule has 0 N–H and O–H groups in total. The van der Waals surface area contributed by atoms with Gasteiger partial charge in [0.2, 0.25) is 0 Å². The van der Waals surface area contributed by atoms with Crippen LogP contribution in [0.5, 0.6) is 0 Å². The third-order valence-electron chi connectivity index (χ3n) is 9.99. The second kappa shape index (κ2) is 11.0. The smallest absolute Gasteiger partial charge is 0.0794 e. The van der Waals surface area contributed by atoms with Gasteiger partial charge in [0.1, 0.15) is 0 Å². The monoisotopic (exact) mass is 622 g/mol. The van der Waals surface area contributed by atoms with Gasteiger partial charge in [-0.25, -0.2) is 4.98 Å². The molecule has 0 radical (unpaired) electrons. The molecule has 0 aliphatic heterocycles. The lowest BCUT2D eigenvalue weighted by Crippen LogP contribution is -1.98. The molecule has 0 amide bonds. The summed E-state index contributed by atoms with van der Waals surface area (Å²) in [5, 5.41) is 8.53. The molecule has 228 valence electrons. The van der Waals surface area contributed by atoms with Crippen LogP contribution in [0.4, 0.5) is 0 Å². The normalized spacial score (nSPS) is 11.7. The predicted molar refractivity (Wildman–Crippen MR) is 207 cm³/mol. The lowest BCUT2D eigenvalue weighted by molar-refractivity contribution is 1.18. The van der Waals surface area contributed by atoms with Crippen LogP contribution < -0.4 is 0 Å². The molecule has 2 heteroatoms. The Balaban J connectivity index is 1.24. The Morgan fingerprint density at radius 2 is 0.796 bits per heavy atom. The molecule has 0 aliphatic carbocycles. The van der Waals surface area contributed by atoms with E-state index in [-0.39, 0.29) is 0 Å². The van der Waals surface area contributed by atoms with Crippen molar-refractivity contribution in [2.75, 3.05) is 0 Å². The maximum absolute atomic E-state index is 5.45. The molecular formula is C47H30N2. The van der Waals surface area contributed by atoms with Gasteiger partial charge in [0.25, 0.3) is 0 Å². The van der Waals surface area contributed by atoms with Crippen molar-refractivity contribution in [3.05, 3.63) is 182 Å². The Morgan fingerprint density at radius 1 is 0.327 bits per heavy atom. The summed E-state index contributed by atoms with van der Waals surface area (Å²) in [6, 6.07) is 65.5. The van der Waals surface area contributed by atoms with Gasteiger partial charge in [-0.05, 0) is 80.9 Å². The van der Waals surface area contributed by atoms with E-state index in [0.717, 1.165) is 22.5 Å². The first kappa shape index (κ1) is 27.6. The molecule has 0 atom stereocenters. The van der Waals surface area contributed by atoms with E-state index in [4.69, 9.17) is 4.98 Å². The molecule has 49 heavy (non-hydrogen) atoms. The molecule has 0 bridgehead atoms. The van der Waals surface area contributed by atoms with E-state index in [9.17, 15) is 0 Å². The van der Waals surface area contributed by atoms with E-state index >= 15 is 0 Å². The second-order valence-corrected chi connectivity index (χ2v) is 12.7. The molecule has 0 saturated heterocycles. The maximum atomic E-state index is 5.45. The summed E-state index contributed by atoms with van der Waals surface area (Å²) >= 11 is 0. The standard InChI is InChI=1S/C47H30N2/c1-3-13-31(14-4-1)33-23-27-45-41(29-33)42-30-34(32-15-5-2-6-16-32)24-28-46(42)49(45)44-22-12-11-21-40(44)43-26-25-39-37-19-8-7-17-35(37)36-18-9-10-20-38(36)47(39)48-43/h1-30H. The summed E-state index contributed by atoms with van der Waals surface area (Å²) in [4.78, 5) is 5.45. The summed E-state index contributed by atoms with van der Waals surface area (Å²) < 4.78 is 2.42. The Kier molecular flexibility index (Phi) is 6.22. The van der Waals surface area contributed by atoms with Gasteiger partial charge in [-0.1, -0.05) is 140 Å². The van der Waals surface area contributed by atoms with Gasteiger partial charge >= 0.3 is 0 Å². The fourth-order valence-electron chi connectivity index (χ4n) is 7.70. The van der Waals surface area contributed by atoms with Crippen LogP contribution in [0.25, 0.3) is 93.5 Å². The van der Waals surface area contributed by atoms with Crippen molar-refractivity contribution in [1.82, 2.24) is 9.55 Å². The molecule has 0 fully saturated rings. The van der Waals surface area contributed by atoms with Crippen molar-refractivity contribution in [2.24, 2.45) is 0 Å². The second-order valence-electron chi connectivity index (χ2n) is 12.7. The first-order chi connectivity index (χ1) is 24.3. The predicted octanol–water partition coefficient (Wildman–Crippen LogP) is 12.6. The molecule has 0 saturated carbocycles. The third-order valence-corrected chi connectivity index (χ3v) is 9.99. The van der Waals surface area contributed by atoms with Gasteiger partial charge < -0.3 is 4.57 Å². The molecule has 2 heterocycles. The minimum absolute atomic E-state index is 0.959. The Labute approximate surface area is 284 Å². The topological polar surface area (TPSA) is 17.8 Å². The van der Waals surface area contributed by atoms with Crippen LogP contribution in [0.15, 0.2) is 182 Å². The van der Waals surface area contributed by atoms with Crippen LogP contribution in [0.1, 0.15) is 0 Å². The Hall–Kier alpha value is -6.51. The quantitative estimate of drug-likeness (QED) is 0.179. The molecule has 10 rings (SSSR count). The lowest BCUT2D eigenvalue weighted by atomic mass is 9.96. The number of aromatic nitrogens is 2. The number of hydrogen-bond donors (Lipinski definition) is 0. The Morgan fingerprint density at radius 3 is 1.39 bits per heavy atom. The summed E-state index contributed by atoms with van der Waals surface area (Å²) in [6.45, 7) is 0. The van der Waals surface area contributed by atoms with Crippen LogP contribution in [0, 0.1) is 0 Å². The summed E-state index contributed by atoms with van der Waals surface area (Å²) in [5.41, 5.74) is 11.4. The van der Waals surface area contributed by atoms with Crippen molar-refractivity contribution in [2.45, 2.75) is 0 Å². The minimum atomic E-state index is 0.959. The molecule has 0 spiro atoms. The molecule has 10 aromatic rings. The number of nitrogens with zero attached hydrogens (tertiary/aromatic N) is 2. The molecule has 8 aromatic carbocycles. The van der Waals surface area contributed by atoms with E-state index in [0.29, 0.717) is 0 Å². The highest BCUT2D eigenvalue weighted by Crippen LogP contribution is 2.40. The average Bonchev–Trinajstić information content (AvgIpc) is 3.51. The van der Waals surface area contributed by atoms with Crippen molar-refractivity contribution in [1.29, 1.82) is 0 Å². The summed E-state index contributed by atoms with van der Waals surface area (Å²) in [5.74, 6) is 0. The van der Waals surface area contributed by atoms with Gasteiger partial charge in [-0.2, -0.15) is 0 Å². The Bertz CT molecular complexity index is 2730. The van der Waals surface area contributed by atoms with Crippen LogP contribution in [-0.2, 0) is 0 Å². The van der Waals surface area contributed by atoms with Crippen LogP contribution in [0.2, 0.25) is 0 Å². The van der Waals surface area contributed by atoms with E-state index < -0.39 is 0 Å². The zero-order valence-corrected chi connectivity index (χ0v) is 26.7. The van der Waals surface area contributed by atoms with Gasteiger partial charge in [0.15, 0.2) is 0 Å². The number of pyridine rings is 1. The third kappa shape index (κ3) is 4.38. The van der Waals surface area contributed by atoms with Gasteiger partial charge in [-0.15, -0.1) is 0 Å². The molecular weight excluding hydrogens is 593 g/mol. The van der Waals surface area contributed by atoms with Crippen LogP contribution in [-0.4, -0.2) is 9.55 Å². The number of benzene rings is 8. The maximum Gasteiger partial charge on any atom is 0.0794 e. The lowest BCUT2D eigenvalue weighted by Gasteiger charge is -2.15. The van der Waals surface area contributed by atoms with Gasteiger partial charge in [-0.3, -0.25) is 0 Å². The van der Waals surface area contributed by atoms with E-state index in [2.05, 4.69) is 187 Å². The average molecular weight is 623 g/mol. The first-order valence-corrected chi connectivity index (χ1v) is 16.8.